The van der Waals surface area contributed by atoms with Gasteiger partial charge in [-0.1, -0.05) is 312 Å². The van der Waals surface area contributed by atoms with E-state index in [-0.39, 0.29) is 25.7 Å². The lowest BCUT2D eigenvalue weighted by Gasteiger charge is -2.21. The smallest absolute Gasteiger partial charge is 0.462 e. The van der Waals surface area contributed by atoms with Gasteiger partial charge < -0.3 is 33.8 Å². The van der Waals surface area contributed by atoms with Crippen LogP contribution in [-0.2, 0) is 65.4 Å². The number of aliphatic hydroxyl groups is 1. The summed E-state index contributed by atoms with van der Waals surface area (Å²) in [6.07, 6.45) is 46.0. The number of unbranched alkanes of at least 4 members (excludes halogenated alkanes) is 36. The molecule has 3 N–H and O–H groups in total. The number of ether oxygens (including phenoxy) is 4. The Morgan fingerprint density at radius 3 is 0.674 bits per heavy atom. The molecule has 0 bridgehead atoms. The number of carbonyl (C=O) groups is 4. The minimum absolute atomic E-state index is 0.104. The molecule has 3 unspecified atom stereocenters. The maximum atomic E-state index is 13.0. The lowest BCUT2D eigenvalue weighted by Crippen LogP contribution is -2.30. The molecule has 0 saturated heterocycles. The van der Waals surface area contributed by atoms with E-state index in [2.05, 4.69) is 55.4 Å². The summed E-state index contributed by atoms with van der Waals surface area (Å²) >= 11 is 0. The second kappa shape index (κ2) is 62.6. The fourth-order valence-corrected chi connectivity index (χ4v) is 12.6. The number of aliphatic hydroxyl groups excluding tert-OH is 1. The van der Waals surface area contributed by atoms with Crippen LogP contribution in [0.5, 0.6) is 0 Å². The fraction of sp³-hybridized carbons (Fsp3) is 0.945. The van der Waals surface area contributed by atoms with Crippen LogP contribution in [0.15, 0.2) is 0 Å². The van der Waals surface area contributed by atoms with Gasteiger partial charge in [-0.15, -0.1) is 0 Å². The van der Waals surface area contributed by atoms with Crippen LogP contribution < -0.4 is 0 Å². The third-order valence-corrected chi connectivity index (χ3v) is 18.7. The van der Waals surface area contributed by atoms with Crippen molar-refractivity contribution >= 4 is 39.5 Å². The van der Waals surface area contributed by atoms with Crippen molar-refractivity contribution in [3.8, 4) is 0 Å². The summed E-state index contributed by atoms with van der Waals surface area (Å²) in [5.74, 6) is 0.848. The maximum Gasteiger partial charge on any atom is 0.472 e. The molecule has 0 amide bonds. The van der Waals surface area contributed by atoms with E-state index in [1.54, 1.807) is 0 Å². The van der Waals surface area contributed by atoms with Gasteiger partial charge in [-0.3, -0.25) is 37.3 Å². The van der Waals surface area contributed by atoms with Gasteiger partial charge in [-0.05, 0) is 49.4 Å². The number of hydrogen-bond donors (Lipinski definition) is 3. The monoisotopic (exact) mass is 1350 g/mol. The van der Waals surface area contributed by atoms with Gasteiger partial charge in [-0.2, -0.15) is 0 Å². The number of hydrogen-bond acceptors (Lipinski definition) is 15. The van der Waals surface area contributed by atoms with Crippen molar-refractivity contribution in [2.75, 3.05) is 39.6 Å². The van der Waals surface area contributed by atoms with Gasteiger partial charge in [0.1, 0.15) is 19.3 Å². The molecule has 0 rings (SSSR count). The molecule has 0 aliphatic rings. The predicted molar refractivity (Wildman–Crippen MR) is 372 cm³/mol. The molecular weight excluding hydrogens is 1210 g/mol. The molecular formula is C73H142O17P2. The largest absolute Gasteiger partial charge is 0.472 e. The van der Waals surface area contributed by atoms with E-state index in [9.17, 15) is 43.2 Å². The molecule has 0 aromatic carbocycles. The van der Waals surface area contributed by atoms with Crippen LogP contribution in [0.1, 0.15) is 364 Å². The molecule has 0 aromatic rings. The van der Waals surface area contributed by atoms with Crippen LogP contribution >= 0.6 is 15.6 Å². The average Bonchev–Trinajstić information content (AvgIpc) is 2.89. The molecule has 0 aliphatic carbocycles. The first-order valence-electron chi connectivity index (χ1n) is 37.7. The number of esters is 4. The zero-order chi connectivity index (χ0) is 68.2. The normalized spacial score (nSPS) is 14.2. The van der Waals surface area contributed by atoms with E-state index in [1.165, 1.54) is 161 Å². The van der Waals surface area contributed by atoms with Crippen LogP contribution in [0.4, 0.5) is 0 Å². The second-order valence-corrected chi connectivity index (χ2v) is 31.1. The Hall–Kier alpha value is -1.94. The first-order chi connectivity index (χ1) is 44.1. The lowest BCUT2D eigenvalue weighted by molar-refractivity contribution is -0.161. The van der Waals surface area contributed by atoms with Crippen LogP contribution in [0.25, 0.3) is 0 Å². The molecule has 5 atom stereocenters. The number of phosphoric acid groups is 2. The molecule has 0 heterocycles. The summed E-state index contributed by atoms with van der Waals surface area (Å²) in [4.78, 5) is 72.6. The van der Waals surface area contributed by atoms with Crippen LogP contribution in [0.3, 0.4) is 0 Å². The first kappa shape index (κ1) is 90.1. The molecule has 0 aromatic heterocycles. The van der Waals surface area contributed by atoms with Crippen molar-refractivity contribution in [1.29, 1.82) is 0 Å². The molecule has 546 valence electrons. The molecule has 0 saturated carbocycles. The minimum Gasteiger partial charge on any atom is -0.462 e. The third-order valence-electron chi connectivity index (χ3n) is 16.8. The molecule has 0 fully saturated rings. The van der Waals surface area contributed by atoms with E-state index in [4.69, 9.17) is 37.0 Å². The highest BCUT2D eigenvalue weighted by atomic mass is 31.2. The van der Waals surface area contributed by atoms with Crippen LogP contribution in [-0.4, -0.2) is 96.7 Å². The fourth-order valence-electron chi connectivity index (χ4n) is 11.0. The molecule has 19 heteroatoms. The highest BCUT2D eigenvalue weighted by Crippen LogP contribution is 2.45. The Morgan fingerprint density at radius 1 is 0.272 bits per heavy atom. The van der Waals surface area contributed by atoms with Gasteiger partial charge in [0.2, 0.25) is 0 Å². The average molecular weight is 1350 g/mol. The third kappa shape index (κ3) is 66.7. The van der Waals surface area contributed by atoms with Crippen LogP contribution in [0, 0.1) is 23.7 Å². The summed E-state index contributed by atoms with van der Waals surface area (Å²) in [5.41, 5.74) is 0. The van der Waals surface area contributed by atoms with E-state index in [0.717, 1.165) is 114 Å². The Kier molecular flexibility index (Phi) is 61.3. The van der Waals surface area contributed by atoms with Crippen molar-refractivity contribution < 1.29 is 80.2 Å². The highest BCUT2D eigenvalue weighted by molar-refractivity contribution is 7.47. The standard InChI is InChI=1S/C73H142O17P2/c1-63(2)49-41-33-25-18-15-13-11-9-10-12-14-16-20-30-39-47-55-72(77)89-69(60-84-71(76)54-46-38-32-24-28-36-44-52-66(7)8)62-88-92(81,82)86-58-67(74)57-85-91(79,80)87-61-68(90-73(78)56-48-40-31-23-22-27-35-43-51-65(5)6)59-83-70(75)53-45-37-29-21-17-19-26-34-42-50-64(3)4/h63-69,74H,9-62H2,1-8H3,(H,79,80)(H,81,82)/t67?,68-,69-/m1/s1. The zero-order valence-electron chi connectivity index (χ0n) is 60.2. The molecule has 0 radical (unpaired) electrons. The Balaban J connectivity index is 5.21. The van der Waals surface area contributed by atoms with Crippen molar-refractivity contribution in [2.45, 2.75) is 382 Å². The van der Waals surface area contributed by atoms with E-state index < -0.39 is 97.5 Å². The summed E-state index contributed by atoms with van der Waals surface area (Å²) in [7, 11) is -9.91. The topological polar surface area (TPSA) is 237 Å². The SMILES string of the molecule is CC(C)CCCCCCCCCCCCCCCCCCC(=O)O[C@H](COC(=O)CCCCCCCCCC(C)C)COP(=O)(O)OCC(O)COP(=O)(O)OC[C@@H](COC(=O)CCCCCCCCCCCC(C)C)OC(=O)CCCCCCCCCCC(C)C. The molecule has 0 spiro atoms. The summed E-state index contributed by atoms with van der Waals surface area (Å²) in [5, 5.41) is 10.6. The van der Waals surface area contributed by atoms with E-state index in [1.807, 2.05) is 0 Å². The van der Waals surface area contributed by atoms with Crippen molar-refractivity contribution in [3.05, 3.63) is 0 Å². The van der Waals surface area contributed by atoms with Gasteiger partial charge >= 0.3 is 39.5 Å². The van der Waals surface area contributed by atoms with Crippen molar-refractivity contribution in [1.82, 2.24) is 0 Å². The minimum atomic E-state index is -4.95. The van der Waals surface area contributed by atoms with Gasteiger partial charge in [-0.25, -0.2) is 9.13 Å². The van der Waals surface area contributed by atoms with Crippen molar-refractivity contribution in [2.24, 2.45) is 23.7 Å². The number of phosphoric ester groups is 2. The predicted octanol–water partition coefficient (Wildman–Crippen LogP) is 20.9. The van der Waals surface area contributed by atoms with Crippen LogP contribution in [0.2, 0.25) is 0 Å². The summed E-state index contributed by atoms with van der Waals surface area (Å²) in [6.45, 7) is 14.1. The van der Waals surface area contributed by atoms with Gasteiger partial charge in [0, 0.05) is 25.7 Å². The summed E-state index contributed by atoms with van der Waals surface area (Å²) in [6, 6.07) is 0. The Labute approximate surface area is 562 Å². The Morgan fingerprint density at radius 2 is 0.457 bits per heavy atom. The van der Waals surface area contributed by atoms with Gasteiger partial charge in [0.05, 0.1) is 26.4 Å². The highest BCUT2D eigenvalue weighted by Gasteiger charge is 2.30. The molecule has 0 aliphatic heterocycles. The Bertz CT molecular complexity index is 1820. The molecule has 92 heavy (non-hydrogen) atoms. The summed E-state index contributed by atoms with van der Waals surface area (Å²) < 4.78 is 68.4. The molecule has 17 nitrogen and oxygen atoms in total. The van der Waals surface area contributed by atoms with E-state index >= 15 is 0 Å². The second-order valence-electron chi connectivity index (χ2n) is 28.2. The van der Waals surface area contributed by atoms with Gasteiger partial charge in [0.25, 0.3) is 0 Å². The maximum absolute atomic E-state index is 13.0. The lowest BCUT2D eigenvalue weighted by atomic mass is 10.0. The quantitative estimate of drug-likeness (QED) is 0.0222. The number of rotatable bonds is 70. The van der Waals surface area contributed by atoms with Crippen molar-refractivity contribution in [3.63, 3.8) is 0 Å². The number of carbonyl (C=O) groups excluding carboxylic acids is 4. The van der Waals surface area contributed by atoms with E-state index in [0.29, 0.717) is 31.6 Å². The van der Waals surface area contributed by atoms with Gasteiger partial charge in [0.15, 0.2) is 12.2 Å². The first-order valence-corrected chi connectivity index (χ1v) is 40.7. The zero-order valence-corrected chi connectivity index (χ0v) is 62.0.